The Labute approximate surface area is 157 Å². The molecule has 3 aromatic carbocycles. The second-order valence-corrected chi connectivity index (χ2v) is 8.53. The summed E-state index contributed by atoms with van der Waals surface area (Å²) in [5.41, 5.74) is 1.65. The minimum Gasteiger partial charge on any atom is -0.280 e. The first-order chi connectivity index (χ1) is 12.0. The number of hydrogen-bond donors (Lipinski definition) is 1. The summed E-state index contributed by atoms with van der Waals surface area (Å²) in [5, 5.41) is 0.385. The molecule has 6 heteroatoms. The minimum atomic E-state index is -3.64. The number of nitrogens with one attached hydrogen (secondary N) is 1. The van der Waals surface area contributed by atoms with Gasteiger partial charge in [0.25, 0.3) is 10.0 Å². The van der Waals surface area contributed by atoms with Crippen molar-refractivity contribution in [1.29, 1.82) is 0 Å². The maximum absolute atomic E-state index is 12.4. The third-order valence-electron chi connectivity index (χ3n) is 3.46. The molecule has 3 nitrogen and oxygen atoms in total. The summed E-state index contributed by atoms with van der Waals surface area (Å²) in [6.45, 7) is 0. The number of hydrogen-bond acceptors (Lipinski definition) is 3. The van der Waals surface area contributed by atoms with Crippen molar-refractivity contribution >= 4 is 39.1 Å². The molecule has 3 aromatic rings. The number of rotatable bonds is 6. The van der Waals surface area contributed by atoms with Gasteiger partial charge in [0.05, 0.1) is 4.90 Å². The maximum atomic E-state index is 12.4. The summed E-state index contributed by atoms with van der Waals surface area (Å²) in [5.74, 6) is 0.825. The lowest BCUT2D eigenvalue weighted by Gasteiger charge is -2.09. The molecule has 0 spiro atoms. The smallest absolute Gasteiger partial charge is 0.261 e. The summed E-state index contributed by atoms with van der Waals surface area (Å²) in [6.07, 6.45) is 0. The van der Waals surface area contributed by atoms with Crippen LogP contribution in [0.15, 0.2) is 88.7 Å². The van der Waals surface area contributed by atoms with Crippen molar-refractivity contribution in [3.8, 4) is 0 Å². The summed E-state index contributed by atoms with van der Waals surface area (Å²) >= 11 is 7.60. The molecule has 0 aromatic heterocycles. The Morgan fingerprint density at radius 3 is 2.28 bits per heavy atom. The highest BCUT2D eigenvalue weighted by Gasteiger charge is 2.14. The SMILES string of the molecule is O=S(=O)(Nc1ccc(CSc2ccccc2)cc1)c1cccc(Cl)c1. The molecule has 0 atom stereocenters. The van der Waals surface area contributed by atoms with Gasteiger partial charge in [0.15, 0.2) is 0 Å². The van der Waals surface area contributed by atoms with E-state index in [9.17, 15) is 8.42 Å². The van der Waals surface area contributed by atoms with Crippen LogP contribution in [0.1, 0.15) is 5.56 Å². The first-order valence-corrected chi connectivity index (χ1v) is 10.4. The van der Waals surface area contributed by atoms with Crippen LogP contribution >= 0.6 is 23.4 Å². The van der Waals surface area contributed by atoms with Crippen LogP contribution in [0.4, 0.5) is 5.69 Å². The summed E-state index contributed by atoms with van der Waals surface area (Å²) in [7, 11) is -3.64. The van der Waals surface area contributed by atoms with Gasteiger partial charge >= 0.3 is 0 Å². The lowest BCUT2D eigenvalue weighted by Crippen LogP contribution is -2.12. The third-order valence-corrected chi connectivity index (χ3v) is 6.16. The molecule has 0 heterocycles. The van der Waals surface area contributed by atoms with Gasteiger partial charge in [-0.15, -0.1) is 11.8 Å². The predicted molar refractivity (Wildman–Crippen MR) is 105 cm³/mol. The molecule has 0 aliphatic carbocycles. The first-order valence-electron chi connectivity index (χ1n) is 7.58. The van der Waals surface area contributed by atoms with Gasteiger partial charge in [-0.25, -0.2) is 8.42 Å². The highest BCUT2D eigenvalue weighted by atomic mass is 35.5. The Kier molecular flexibility index (Phi) is 5.68. The standard InChI is InChI=1S/C19H16ClNO2S2/c20-16-5-4-8-19(13-16)25(22,23)21-17-11-9-15(10-12-17)14-24-18-6-2-1-3-7-18/h1-13,21H,14H2. The largest absolute Gasteiger partial charge is 0.280 e. The average molecular weight is 390 g/mol. The fraction of sp³-hybridized carbons (Fsp3) is 0.0526. The third kappa shape index (κ3) is 5.01. The molecule has 0 amide bonds. The van der Waals surface area contributed by atoms with Crippen molar-refractivity contribution in [2.75, 3.05) is 4.72 Å². The molecule has 0 unspecified atom stereocenters. The molecule has 0 aliphatic rings. The Balaban J connectivity index is 1.66. The van der Waals surface area contributed by atoms with E-state index in [1.807, 2.05) is 30.3 Å². The Morgan fingerprint density at radius 1 is 0.880 bits per heavy atom. The second kappa shape index (κ2) is 7.95. The van der Waals surface area contributed by atoms with Gasteiger partial charge in [-0.3, -0.25) is 4.72 Å². The number of sulfonamides is 1. The molecule has 3 rings (SSSR count). The van der Waals surface area contributed by atoms with E-state index >= 15 is 0 Å². The van der Waals surface area contributed by atoms with Crippen molar-refractivity contribution < 1.29 is 8.42 Å². The van der Waals surface area contributed by atoms with E-state index in [1.54, 1.807) is 36.0 Å². The molecule has 0 fully saturated rings. The molecule has 0 bridgehead atoms. The van der Waals surface area contributed by atoms with Crippen molar-refractivity contribution in [2.45, 2.75) is 15.5 Å². The normalized spacial score (nSPS) is 11.2. The number of anilines is 1. The topological polar surface area (TPSA) is 46.2 Å². The molecule has 0 saturated heterocycles. The zero-order chi connectivity index (χ0) is 17.7. The number of thioether (sulfide) groups is 1. The first kappa shape index (κ1) is 17.9. The van der Waals surface area contributed by atoms with Crippen LogP contribution in [0.2, 0.25) is 5.02 Å². The molecule has 128 valence electrons. The minimum absolute atomic E-state index is 0.142. The van der Waals surface area contributed by atoms with Gasteiger partial charge in [0, 0.05) is 21.4 Å². The molecule has 1 N–H and O–H groups in total. The van der Waals surface area contributed by atoms with Crippen molar-refractivity contribution in [2.24, 2.45) is 0 Å². The Bertz CT molecular complexity index is 943. The van der Waals surface area contributed by atoms with Crippen molar-refractivity contribution in [3.05, 3.63) is 89.4 Å². The quantitative estimate of drug-likeness (QED) is 0.571. The molecule has 25 heavy (non-hydrogen) atoms. The Morgan fingerprint density at radius 2 is 1.60 bits per heavy atom. The average Bonchev–Trinajstić information content (AvgIpc) is 2.62. The van der Waals surface area contributed by atoms with Gasteiger partial charge in [-0.2, -0.15) is 0 Å². The van der Waals surface area contributed by atoms with E-state index in [-0.39, 0.29) is 4.90 Å². The van der Waals surface area contributed by atoms with Crippen LogP contribution < -0.4 is 4.72 Å². The van der Waals surface area contributed by atoms with E-state index in [0.717, 1.165) is 11.3 Å². The van der Waals surface area contributed by atoms with Gasteiger partial charge in [0.1, 0.15) is 0 Å². The van der Waals surface area contributed by atoms with Gasteiger partial charge in [0.2, 0.25) is 0 Å². The Hall–Kier alpha value is -1.95. The highest BCUT2D eigenvalue weighted by molar-refractivity contribution is 7.98. The molecule has 0 radical (unpaired) electrons. The van der Waals surface area contributed by atoms with Crippen molar-refractivity contribution in [1.82, 2.24) is 0 Å². The second-order valence-electron chi connectivity index (χ2n) is 5.36. The van der Waals surface area contributed by atoms with Crippen molar-refractivity contribution in [3.63, 3.8) is 0 Å². The van der Waals surface area contributed by atoms with Crippen LogP contribution in [-0.2, 0) is 15.8 Å². The molecular formula is C19H16ClNO2S2. The van der Waals surface area contributed by atoms with Gasteiger partial charge < -0.3 is 0 Å². The summed E-state index contributed by atoms with van der Waals surface area (Å²) in [6, 6.07) is 23.7. The van der Waals surface area contributed by atoms with E-state index in [0.29, 0.717) is 10.7 Å². The van der Waals surface area contributed by atoms with Crippen LogP contribution in [0.5, 0.6) is 0 Å². The fourth-order valence-corrected chi connectivity index (χ4v) is 4.44. The number of halogens is 1. The lowest BCUT2D eigenvalue weighted by atomic mass is 10.2. The zero-order valence-corrected chi connectivity index (χ0v) is 15.6. The monoisotopic (exact) mass is 389 g/mol. The van der Waals surface area contributed by atoms with Crippen LogP contribution in [0, 0.1) is 0 Å². The summed E-state index contributed by atoms with van der Waals surface area (Å²) < 4.78 is 27.3. The van der Waals surface area contributed by atoms with Gasteiger partial charge in [-0.05, 0) is 48.0 Å². The molecule has 0 saturated carbocycles. The van der Waals surface area contributed by atoms with E-state index in [2.05, 4.69) is 16.9 Å². The predicted octanol–water partition coefficient (Wildman–Crippen LogP) is 5.43. The van der Waals surface area contributed by atoms with Gasteiger partial charge in [-0.1, -0.05) is 48.0 Å². The lowest BCUT2D eigenvalue weighted by molar-refractivity contribution is 0.601. The highest BCUT2D eigenvalue weighted by Crippen LogP contribution is 2.24. The fourth-order valence-electron chi connectivity index (χ4n) is 2.20. The molecular weight excluding hydrogens is 374 g/mol. The summed E-state index contributed by atoms with van der Waals surface area (Å²) in [4.78, 5) is 1.34. The van der Waals surface area contributed by atoms with E-state index in [4.69, 9.17) is 11.6 Å². The number of benzene rings is 3. The zero-order valence-electron chi connectivity index (χ0n) is 13.2. The molecule has 0 aliphatic heterocycles. The van der Waals surface area contributed by atoms with E-state index in [1.165, 1.54) is 17.0 Å². The van der Waals surface area contributed by atoms with Crippen LogP contribution in [-0.4, -0.2) is 8.42 Å². The van der Waals surface area contributed by atoms with E-state index < -0.39 is 10.0 Å². The van der Waals surface area contributed by atoms with Crippen LogP contribution in [0.3, 0.4) is 0 Å². The van der Waals surface area contributed by atoms with Crippen LogP contribution in [0.25, 0.3) is 0 Å². The maximum Gasteiger partial charge on any atom is 0.261 e.